The number of fused-ring (bicyclic) bond motifs is 1. The zero-order chi connectivity index (χ0) is 12.7. The van der Waals surface area contributed by atoms with Crippen LogP contribution in [0.2, 0.25) is 10.0 Å². The molecule has 0 aliphatic rings. The molecule has 90 valence electrons. The second-order valence-electron chi connectivity index (χ2n) is 3.78. The molecule has 1 aromatic heterocycles. The molecule has 3 aromatic rings. The summed E-state index contributed by atoms with van der Waals surface area (Å²) in [6.07, 6.45) is 0. The summed E-state index contributed by atoms with van der Waals surface area (Å²) in [6.45, 7) is 0. The van der Waals surface area contributed by atoms with E-state index in [1.54, 1.807) is 21.8 Å². The first-order valence-corrected chi connectivity index (χ1v) is 7.61. The van der Waals surface area contributed by atoms with Crippen LogP contribution in [0.15, 0.2) is 47.3 Å². The Morgan fingerprint density at radius 3 is 2.56 bits per heavy atom. The number of benzene rings is 2. The van der Waals surface area contributed by atoms with Crippen molar-refractivity contribution in [3.63, 3.8) is 0 Å². The maximum absolute atomic E-state index is 12.3. The topological polar surface area (TPSA) is 22.0 Å². The van der Waals surface area contributed by atoms with E-state index in [1.807, 2.05) is 24.3 Å². The van der Waals surface area contributed by atoms with E-state index in [0.29, 0.717) is 10.0 Å². The van der Waals surface area contributed by atoms with Gasteiger partial charge in [-0.2, -0.15) is 0 Å². The van der Waals surface area contributed by atoms with Gasteiger partial charge in [0.25, 0.3) is 0 Å². The van der Waals surface area contributed by atoms with Gasteiger partial charge in [-0.15, -0.1) is 0 Å². The van der Waals surface area contributed by atoms with Crippen LogP contribution in [0, 0.1) is 0 Å². The first-order chi connectivity index (χ1) is 8.66. The molecule has 0 aliphatic heterocycles. The number of rotatable bonds is 1. The fraction of sp³-hybridized carbons (Fsp3) is 0. The van der Waals surface area contributed by atoms with Crippen LogP contribution in [-0.4, -0.2) is 18.3 Å². The van der Waals surface area contributed by atoms with E-state index in [1.165, 1.54) is 0 Å². The first-order valence-electron chi connectivity index (χ1n) is 5.23. The minimum atomic E-state index is -0.0643. The van der Waals surface area contributed by atoms with E-state index < -0.39 is 0 Å². The number of nitrogens with zero attached hydrogens (tertiary/aromatic N) is 1. The van der Waals surface area contributed by atoms with Gasteiger partial charge in [-0.3, -0.25) is 0 Å². The molecule has 18 heavy (non-hydrogen) atoms. The van der Waals surface area contributed by atoms with Gasteiger partial charge in [0.15, 0.2) is 0 Å². The molecule has 3 rings (SSSR count). The summed E-state index contributed by atoms with van der Waals surface area (Å²) in [5.41, 5.74) is 0.733. The molecule has 0 saturated heterocycles. The molecule has 1 heterocycles. The molecular formula is C13H7Cl2NOSe. The minimum absolute atomic E-state index is 0.00909. The third-order valence-electron chi connectivity index (χ3n) is 2.62. The van der Waals surface area contributed by atoms with Gasteiger partial charge in [0.2, 0.25) is 0 Å². The molecule has 0 fully saturated rings. The molecule has 0 saturated carbocycles. The summed E-state index contributed by atoms with van der Waals surface area (Å²) in [7, 11) is 0. The molecule has 2 aromatic carbocycles. The summed E-state index contributed by atoms with van der Waals surface area (Å²) >= 11 is 12.0. The van der Waals surface area contributed by atoms with Gasteiger partial charge >= 0.3 is 120 Å². The first kappa shape index (κ1) is 12.1. The van der Waals surface area contributed by atoms with Crippen LogP contribution in [0.25, 0.3) is 15.3 Å². The Hall–Kier alpha value is -0.991. The van der Waals surface area contributed by atoms with Crippen molar-refractivity contribution in [2.24, 2.45) is 0 Å². The Balaban J connectivity index is 2.32. The Morgan fingerprint density at radius 1 is 1.06 bits per heavy atom. The fourth-order valence-electron chi connectivity index (χ4n) is 1.78. The van der Waals surface area contributed by atoms with Crippen LogP contribution >= 0.6 is 23.2 Å². The van der Waals surface area contributed by atoms with Crippen molar-refractivity contribution in [2.45, 2.75) is 0 Å². The molecule has 5 heteroatoms. The second-order valence-corrected chi connectivity index (χ2v) is 6.70. The van der Waals surface area contributed by atoms with Gasteiger partial charge in [-0.05, 0) is 0 Å². The molecule has 0 unspecified atom stereocenters. The average Bonchev–Trinajstić information content (AvgIpc) is 2.68. The van der Waals surface area contributed by atoms with Crippen molar-refractivity contribution in [1.82, 2.24) is 3.56 Å². The van der Waals surface area contributed by atoms with Crippen LogP contribution < -0.4 is 5.56 Å². The van der Waals surface area contributed by atoms with Gasteiger partial charge < -0.3 is 0 Å². The predicted octanol–water partition coefficient (Wildman–Crippen LogP) is 3.35. The zero-order valence-corrected chi connectivity index (χ0v) is 12.3. The quantitative estimate of drug-likeness (QED) is 0.621. The van der Waals surface area contributed by atoms with E-state index in [0.717, 1.165) is 15.3 Å². The molecule has 0 spiro atoms. The second kappa shape index (κ2) is 4.60. The van der Waals surface area contributed by atoms with Crippen LogP contribution in [0.4, 0.5) is 0 Å². The number of aromatic nitrogens is 1. The zero-order valence-electron chi connectivity index (χ0n) is 9.06. The van der Waals surface area contributed by atoms with Crippen LogP contribution in [0.3, 0.4) is 0 Å². The standard InChI is InChI=1S/C13H7Cl2NOSe/c14-8-5-6-11(10(15)7-8)16-13(17)9-3-1-2-4-12(9)18-16/h1-7H. The fourth-order valence-corrected chi connectivity index (χ4v) is 4.54. The number of hydrogen-bond acceptors (Lipinski definition) is 1. The van der Waals surface area contributed by atoms with Crippen LogP contribution in [0.5, 0.6) is 0 Å². The maximum atomic E-state index is 12.3. The predicted molar refractivity (Wildman–Crippen MR) is 76.5 cm³/mol. The molecule has 2 nitrogen and oxygen atoms in total. The van der Waals surface area contributed by atoms with E-state index >= 15 is 0 Å². The third kappa shape index (κ3) is 1.94. The van der Waals surface area contributed by atoms with Crippen molar-refractivity contribution in [3.05, 3.63) is 62.9 Å². The summed E-state index contributed by atoms with van der Waals surface area (Å²) in [5, 5.41) is 1.84. The third-order valence-corrected chi connectivity index (χ3v) is 5.46. The van der Waals surface area contributed by atoms with E-state index in [4.69, 9.17) is 23.2 Å². The van der Waals surface area contributed by atoms with E-state index in [-0.39, 0.29) is 20.3 Å². The number of hydrogen-bond donors (Lipinski definition) is 0. The van der Waals surface area contributed by atoms with Crippen LogP contribution in [0.1, 0.15) is 0 Å². The number of halogens is 2. The molecular weight excluding hydrogens is 336 g/mol. The molecule has 0 bridgehead atoms. The van der Waals surface area contributed by atoms with Gasteiger partial charge in [-0.25, -0.2) is 0 Å². The van der Waals surface area contributed by atoms with Crippen molar-refractivity contribution in [3.8, 4) is 5.69 Å². The van der Waals surface area contributed by atoms with E-state index in [2.05, 4.69) is 0 Å². The van der Waals surface area contributed by atoms with Crippen LogP contribution in [-0.2, 0) is 0 Å². The molecule has 0 aliphatic carbocycles. The SMILES string of the molecule is O=c1c2ccccc2[se]n1-c1ccc(Cl)cc1Cl. The van der Waals surface area contributed by atoms with E-state index in [9.17, 15) is 4.79 Å². The monoisotopic (exact) mass is 343 g/mol. The van der Waals surface area contributed by atoms with Crippen molar-refractivity contribution in [1.29, 1.82) is 0 Å². The Kier molecular flexibility index (Phi) is 3.08. The normalized spacial score (nSPS) is 11.0. The van der Waals surface area contributed by atoms with Crippen molar-refractivity contribution < 1.29 is 0 Å². The molecule has 0 N–H and O–H groups in total. The Bertz CT molecular complexity index is 791. The van der Waals surface area contributed by atoms with Gasteiger partial charge in [0, 0.05) is 0 Å². The van der Waals surface area contributed by atoms with Gasteiger partial charge in [0.05, 0.1) is 0 Å². The summed E-state index contributed by atoms with van der Waals surface area (Å²) < 4.78 is 2.82. The molecule has 0 atom stereocenters. The Morgan fingerprint density at radius 2 is 1.83 bits per heavy atom. The summed E-state index contributed by atoms with van der Waals surface area (Å²) in [6, 6.07) is 12.8. The summed E-state index contributed by atoms with van der Waals surface area (Å²) in [5.74, 6) is 0. The Labute approximate surface area is 119 Å². The van der Waals surface area contributed by atoms with Gasteiger partial charge in [-0.1, -0.05) is 0 Å². The molecule has 0 amide bonds. The summed E-state index contributed by atoms with van der Waals surface area (Å²) in [4.78, 5) is 12.3. The van der Waals surface area contributed by atoms with Crippen molar-refractivity contribution >= 4 is 47.6 Å². The molecule has 0 radical (unpaired) electrons. The average molecular weight is 343 g/mol. The van der Waals surface area contributed by atoms with Crippen molar-refractivity contribution in [2.75, 3.05) is 0 Å². The van der Waals surface area contributed by atoms with Gasteiger partial charge in [0.1, 0.15) is 0 Å².